The van der Waals surface area contributed by atoms with Gasteiger partial charge in [-0.05, 0) is 32.0 Å². The van der Waals surface area contributed by atoms with Gasteiger partial charge in [0, 0.05) is 25.3 Å². The molecule has 1 rings (SSSR count). The number of thiocarbonyl (C=S) groups is 1. The van der Waals surface area contributed by atoms with Gasteiger partial charge in [0.05, 0.1) is 17.3 Å². The predicted molar refractivity (Wildman–Crippen MR) is 81.7 cm³/mol. The smallest absolute Gasteiger partial charge is 0.104 e. The number of anilines is 1. The molecular formula is C13H19ClN2OS. The Balaban J connectivity index is 3.01. The normalized spacial score (nSPS) is 10.7. The lowest BCUT2D eigenvalue weighted by Crippen LogP contribution is -2.34. The third-order valence-corrected chi connectivity index (χ3v) is 3.24. The van der Waals surface area contributed by atoms with Gasteiger partial charge in [-0.3, -0.25) is 0 Å². The quantitative estimate of drug-likeness (QED) is 0.816. The first kappa shape index (κ1) is 15.2. The van der Waals surface area contributed by atoms with E-state index in [1.54, 1.807) is 13.2 Å². The maximum absolute atomic E-state index is 6.29. The molecule has 0 atom stereocenters. The molecule has 0 aliphatic heterocycles. The molecule has 0 fully saturated rings. The Morgan fingerprint density at radius 3 is 2.61 bits per heavy atom. The van der Waals surface area contributed by atoms with Crippen LogP contribution in [0.25, 0.3) is 0 Å². The van der Waals surface area contributed by atoms with E-state index < -0.39 is 0 Å². The second-order valence-corrected chi connectivity index (χ2v) is 5.16. The summed E-state index contributed by atoms with van der Waals surface area (Å²) < 4.78 is 5.12. The minimum Gasteiger partial charge on any atom is -0.389 e. The maximum atomic E-state index is 6.29. The molecule has 0 saturated carbocycles. The Kier molecular flexibility index (Phi) is 5.85. The lowest BCUT2D eigenvalue weighted by Gasteiger charge is -2.29. The summed E-state index contributed by atoms with van der Waals surface area (Å²) in [6, 6.07) is 5.99. The van der Waals surface area contributed by atoms with Crippen molar-refractivity contribution in [1.29, 1.82) is 0 Å². The van der Waals surface area contributed by atoms with Gasteiger partial charge < -0.3 is 15.4 Å². The minimum absolute atomic E-state index is 0.341. The second kappa shape index (κ2) is 6.92. The van der Waals surface area contributed by atoms with Gasteiger partial charge in [0.25, 0.3) is 0 Å². The zero-order valence-electron chi connectivity index (χ0n) is 10.9. The van der Waals surface area contributed by atoms with Crippen LogP contribution >= 0.6 is 23.8 Å². The summed E-state index contributed by atoms with van der Waals surface area (Å²) >= 11 is 11.2. The maximum Gasteiger partial charge on any atom is 0.104 e. The van der Waals surface area contributed by atoms with Gasteiger partial charge in [0.15, 0.2) is 0 Å². The van der Waals surface area contributed by atoms with E-state index in [9.17, 15) is 0 Å². The molecule has 0 radical (unpaired) electrons. The van der Waals surface area contributed by atoms with Crippen LogP contribution < -0.4 is 10.6 Å². The highest BCUT2D eigenvalue weighted by Crippen LogP contribution is 2.28. The molecular weight excluding hydrogens is 268 g/mol. The topological polar surface area (TPSA) is 38.5 Å². The van der Waals surface area contributed by atoms with Crippen molar-refractivity contribution < 1.29 is 4.74 Å². The van der Waals surface area contributed by atoms with Gasteiger partial charge >= 0.3 is 0 Å². The van der Waals surface area contributed by atoms with Crippen molar-refractivity contribution in [2.45, 2.75) is 19.9 Å². The van der Waals surface area contributed by atoms with E-state index in [2.05, 4.69) is 18.7 Å². The van der Waals surface area contributed by atoms with Crippen LogP contribution in [-0.4, -0.2) is 31.3 Å². The molecule has 1 aromatic carbocycles. The third kappa shape index (κ3) is 3.83. The Labute approximate surface area is 119 Å². The predicted octanol–water partition coefficient (Wildman–Crippen LogP) is 2.84. The lowest BCUT2D eigenvalue weighted by atomic mass is 10.1. The van der Waals surface area contributed by atoms with E-state index in [-0.39, 0.29) is 0 Å². The number of nitrogens with zero attached hydrogens (tertiary/aromatic N) is 1. The van der Waals surface area contributed by atoms with E-state index in [1.165, 1.54) is 0 Å². The molecule has 0 aromatic heterocycles. The number of methoxy groups -OCH3 is 1. The van der Waals surface area contributed by atoms with Crippen molar-refractivity contribution in [2.24, 2.45) is 5.73 Å². The van der Waals surface area contributed by atoms with Crippen molar-refractivity contribution in [3.63, 3.8) is 0 Å². The molecule has 5 heteroatoms. The van der Waals surface area contributed by atoms with Gasteiger partial charge in [-0.15, -0.1) is 0 Å². The van der Waals surface area contributed by atoms with E-state index in [0.717, 1.165) is 17.8 Å². The number of hydrogen-bond acceptors (Lipinski definition) is 3. The Morgan fingerprint density at radius 1 is 1.50 bits per heavy atom. The van der Waals surface area contributed by atoms with Crippen molar-refractivity contribution in [2.75, 3.05) is 25.2 Å². The first-order valence-electron chi connectivity index (χ1n) is 5.82. The number of hydrogen-bond donors (Lipinski definition) is 1. The lowest BCUT2D eigenvalue weighted by molar-refractivity contribution is 0.204. The second-order valence-electron chi connectivity index (χ2n) is 4.31. The van der Waals surface area contributed by atoms with Gasteiger partial charge in [-0.25, -0.2) is 0 Å². The van der Waals surface area contributed by atoms with Crippen LogP contribution in [0.2, 0.25) is 5.02 Å². The summed E-state index contributed by atoms with van der Waals surface area (Å²) in [5, 5.41) is 0.658. The highest BCUT2D eigenvalue weighted by molar-refractivity contribution is 7.80. The molecule has 0 heterocycles. The van der Waals surface area contributed by atoms with Gasteiger partial charge in [0.2, 0.25) is 0 Å². The summed E-state index contributed by atoms with van der Waals surface area (Å²) in [6.45, 7) is 5.69. The SMILES string of the molecule is COCCN(c1ccc(C(N)=S)cc1Cl)C(C)C. The fourth-order valence-electron chi connectivity index (χ4n) is 1.74. The molecule has 0 spiro atoms. The van der Waals surface area contributed by atoms with E-state index in [0.29, 0.717) is 22.7 Å². The van der Waals surface area contributed by atoms with Crippen molar-refractivity contribution in [3.05, 3.63) is 28.8 Å². The van der Waals surface area contributed by atoms with Crippen LogP contribution in [0.1, 0.15) is 19.4 Å². The highest BCUT2D eigenvalue weighted by atomic mass is 35.5. The highest BCUT2D eigenvalue weighted by Gasteiger charge is 2.14. The molecule has 18 heavy (non-hydrogen) atoms. The Bertz CT molecular complexity index is 423. The minimum atomic E-state index is 0.341. The molecule has 2 N–H and O–H groups in total. The van der Waals surface area contributed by atoms with Crippen molar-refractivity contribution in [1.82, 2.24) is 0 Å². The number of benzene rings is 1. The van der Waals surface area contributed by atoms with Crippen LogP contribution in [-0.2, 0) is 4.74 Å². The number of nitrogens with two attached hydrogens (primary N) is 1. The first-order valence-corrected chi connectivity index (χ1v) is 6.61. The monoisotopic (exact) mass is 286 g/mol. The van der Waals surface area contributed by atoms with Crippen molar-refractivity contribution in [3.8, 4) is 0 Å². The zero-order chi connectivity index (χ0) is 13.7. The number of rotatable bonds is 6. The molecule has 0 unspecified atom stereocenters. The summed E-state index contributed by atoms with van der Waals surface area (Å²) in [6.07, 6.45) is 0. The van der Waals surface area contributed by atoms with Crippen molar-refractivity contribution >= 4 is 34.5 Å². The third-order valence-electron chi connectivity index (χ3n) is 2.70. The van der Waals surface area contributed by atoms with Crippen LogP contribution in [0.3, 0.4) is 0 Å². The van der Waals surface area contributed by atoms with Crippen LogP contribution in [0.15, 0.2) is 18.2 Å². The summed E-state index contributed by atoms with van der Waals surface area (Å²) in [5.74, 6) is 0. The Morgan fingerprint density at radius 2 is 2.17 bits per heavy atom. The molecule has 0 aliphatic rings. The van der Waals surface area contributed by atoms with E-state index in [4.69, 9.17) is 34.3 Å². The van der Waals surface area contributed by atoms with Crippen LogP contribution in [0, 0.1) is 0 Å². The summed E-state index contributed by atoms with van der Waals surface area (Å²) in [7, 11) is 1.69. The van der Waals surface area contributed by atoms with Gasteiger partial charge in [0.1, 0.15) is 4.99 Å². The zero-order valence-corrected chi connectivity index (χ0v) is 12.5. The number of halogens is 1. The van der Waals surface area contributed by atoms with E-state index in [1.807, 2.05) is 12.1 Å². The average Bonchev–Trinajstić information content (AvgIpc) is 2.30. The summed E-state index contributed by atoms with van der Waals surface area (Å²) in [4.78, 5) is 2.55. The standard InChI is InChI=1S/C13H19ClN2OS/c1-9(2)16(6-7-17-3)12-5-4-10(13(15)18)8-11(12)14/h4-5,8-9H,6-7H2,1-3H3,(H2,15,18). The number of ether oxygens (including phenoxy) is 1. The molecule has 0 amide bonds. The van der Waals surface area contributed by atoms with E-state index >= 15 is 0 Å². The van der Waals surface area contributed by atoms with Gasteiger partial charge in [-0.1, -0.05) is 23.8 Å². The molecule has 3 nitrogen and oxygen atoms in total. The fraction of sp³-hybridized carbons (Fsp3) is 0.462. The molecule has 0 saturated heterocycles. The fourth-order valence-corrected chi connectivity index (χ4v) is 2.16. The molecule has 1 aromatic rings. The van der Waals surface area contributed by atoms with Crippen LogP contribution in [0.4, 0.5) is 5.69 Å². The largest absolute Gasteiger partial charge is 0.389 e. The molecule has 0 aliphatic carbocycles. The van der Waals surface area contributed by atoms with Gasteiger partial charge in [-0.2, -0.15) is 0 Å². The molecule has 0 bridgehead atoms. The van der Waals surface area contributed by atoms with Crippen LogP contribution in [0.5, 0.6) is 0 Å². The average molecular weight is 287 g/mol. The Hall–Kier alpha value is -0.840. The molecule has 100 valence electrons. The first-order chi connectivity index (χ1) is 8.47. The summed E-state index contributed by atoms with van der Waals surface area (Å²) in [5.41, 5.74) is 7.35.